The van der Waals surface area contributed by atoms with Crippen molar-refractivity contribution in [2.24, 2.45) is 52.3 Å². The third-order valence-electron chi connectivity index (χ3n) is 9.96. The quantitative estimate of drug-likeness (QED) is 0.460. The minimum absolute atomic E-state index is 0.444. The standard InChI is InChI=1S/C27H44/c1-19(2)9-8-10-20(3)23-14-15-24-22-13-12-21-11-6-7-17-26(21,4)25(22)16-18-27(23,24)5/h6-7,11,17,19-25H,8-10,12-16,18H2,1-5H3/t20-,21-,22+,23-,24+,25+,26+,27-/m1/s1. The first-order chi connectivity index (χ1) is 12.9. The fraction of sp³-hybridized carbons (Fsp3) is 0.852. The maximum atomic E-state index is 2.72. The number of allylic oxidation sites excluding steroid dienone is 4. The van der Waals surface area contributed by atoms with Crippen LogP contribution in [0.2, 0.25) is 0 Å². The second-order valence-corrected chi connectivity index (χ2v) is 11.7. The Kier molecular flexibility index (Phi) is 5.41. The lowest BCUT2D eigenvalue weighted by molar-refractivity contribution is -0.0734. The molecule has 8 atom stereocenters. The van der Waals surface area contributed by atoms with Crippen LogP contribution in [0.25, 0.3) is 0 Å². The molecule has 0 aliphatic heterocycles. The Hall–Kier alpha value is -0.520. The largest absolute Gasteiger partial charge is 0.0806 e. The van der Waals surface area contributed by atoms with Crippen molar-refractivity contribution in [2.45, 2.75) is 92.4 Å². The molecule has 4 aliphatic carbocycles. The van der Waals surface area contributed by atoms with E-state index in [1.807, 2.05) is 0 Å². The zero-order valence-electron chi connectivity index (χ0n) is 18.7. The van der Waals surface area contributed by atoms with Gasteiger partial charge in [-0.1, -0.05) is 78.2 Å². The summed E-state index contributed by atoms with van der Waals surface area (Å²) in [6, 6.07) is 0. The van der Waals surface area contributed by atoms with E-state index in [0.29, 0.717) is 10.8 Å². The third kappa shape index (κ3) is 3.28. The Morgan fingerprint density at radius 3 is 2.48 bits per heavy atom. The molecule has 0 radical (unpaired) electrons. The molecule has 4 rings (SSSR count). The molecule has 0 saturated heterocycles. The lowest BCUT2D eigenvalue weighted by atomic mass is 9.46. The zero-order chi connectivity index (χ0) is 19.2. The number of hydrogen-bond acceptors (Lipinski definition) is 0. The Morgan fingerprint density at radius 2 is 1.70 bits per heavy atom. The van der Waals surface area contributed by atoms with Crippen LogP contribution >= 0.6 is 0 Å². The lowest BCUT2D eigenvalue weighted by Crippen LogP contribution is -2.51. The zero-order valence-corrected chi connectivity index (χ0v) is 18.7. The molecule has 0 N–H and O–H groups in total. The molecule has 0 amide bonds. The minimum Gasteiger partial charge on any atom is -0.0806 e. The molecule has 0 unspecified atom stereocenters. The van der Waals surface area contributed by atoms with Crippen molar-refractivity contribution < 1.29 is 0 Å². The lowest BCUT2D eigenvalue weighted by Gasteiger charge is -2.58. The van der Waals surface area contributed by atoms with Gasteiger partial charge in [-0.15, -0.1) is 0 Å². The maximum Gasteiger partial charge on any atom is -0.00496 e. The van der Waals surface area contributed by atoms with Gasteiger partial charge >= 0.3 is 0 Å². The Labute approximate surface area is 169 Å². The highest BCUT2D eigenvalue weighted by Crippen LogP contribution is 2.67. The van der Waals surface area contributed by atoms with Crippen molar-refractivity contribution in [3.63, 3.8) is 0 Å². The van der Waals surface area contributed by atoms with Crippen molar-refractivity contribution in [3.05, 3.63) is 24.3 Å². The third-order valence-corrected chi connectivity index (χ3v) is 9.96. The molecule has 3 fully saturated rings. The van der Waals surface area contributed by atoms with Crippen LogP contribution in [-0.2, 0) is 0 Å². The summed E-state index contributed by atoms with van der Waals surface area (Å²) in [4.78, 5) is 0. The van der Waals surface area contributed by atoms with Crippen LogP contribution in [0.1, 0.15) is 92.4 Å². The van der Waals surface area contributed by atoms with Gasteiger partial charge in [0.05, 0.1) is 0 Å². The average molecular weight is 369 g/mol. The number of hydrogen-bond donors (Lipinski definition) is 0. The van der Waals surface area contributed by atoms with Gasteiger partial charge in [-0.2, -0.15) is 0 Å². The van der Waals surface area contributed by atoms with E-state index in [0.717, 1.165) is 41.4 Å². The fourth-order valence-corrected chi connectivity index (χ4v) is 8.46. The summed E-state index contributed by atoms with van der Waals surface area (Å²) in [5.41, 5.74) is 1.08. The molecule has 0 heterocycles. The van der Waals surface area contributed by atoms with Crippen LogP contribution in [0.3, 0.4) is 0 Å². The van der Waals surface area contributed by atoms with E-state index in [-0.39, 0.29) is 0 Å². The van der Waals surface area contributed by atoms with E-state index in [4.69, 9.17) is 0 Å². The van der Waals surface area contributed by atoms with E-state index in [2.05, 4.69) is 58.9 Å². The molecule has 27 heavy (non-hydrogen) atoms. The first kappa shape index (κ1) is 19.8. The van der Waals surface area contributed by atoms with Crippen molar-refractivity contribution >= 4 is 0 Å². The van der Waals surface area contributed by atoms with Gasteiger partial charge in [0.2, 0.25) is 0 Å². The summed E-state index contributed by atoms with van der Waals surface area (Å²) in [5, 5.41) is 0. The molecule has 152 valence electrons. The SMILES string of the molecule is CC(C)CCC[C@@H](C)[C@H]1CC[C@H]2[C@@H]3CC[C@H]4C=CC=C[C@]4(C)[C@H]3CC[C@]12C. The van der Waals surface area contributed by atoms with E-state index in [9.17, 15) is 0 Å². The first-order valence-corrected chi connectivity index (χ1v) is 12.2. The summed E-state index contributed by atoms with van der Waals surface area (Å²) in [7, 11) is 0. The minimum atomic E-state index is 0.444. The van der Waals surface area contributed by atoms with E-state index in [1.165, 1.54) is 57.8 Å². The molecular formula is C27H44. The topological polar surface area (TPSA) is 0 Å². The highest BCUT2D eigenvalue weighted by molar-refractivity contribution is 5.23. The molecule has 4 aliphatic rings. The van der Waals surface area contributed by atoms with Gasteiger partial charge in [-0.3, -0.25) is 0 Å². The van der Waals surface area contributed by atoms with Crippen molar-refractivity contribution in [1.82, 2.24) is 0 Å². The van der Waals surface area contributed by atoms with Crippen molar-refractivity contribution in [2.75, 3.05) is 0 Å². The van der Waals surface area contributed by atoms with Crippen molar-refractivity contribution in [3.8, 4) is 0 Å². The summed E-state index contributed by atoms with van der Waals surface area (Å²) in [6.45, 7) is 12.7. The van der Waals surface area contributed by atoms with Crippen LogP contribution in [0.4, 0.5) is 0 Å². The number of fused-ring (bicyclic) bond motifs is 5. The van der Waals surface area contributed by atoms with Crippen LogP contribution < -0.4 is 0 Å². The average Bonchev–Trinajstić information content (AvgIpc) is 2.98. The highest BCUT2D eigenvalue weighted by Gasteiger charge is 2.59. The van der Waals surface area contributed by atoms with Gasteiger partial charge in [0.25, 0.3) is 0 Å². The van der Waals surface area contributed by atoms with Gasteiger partial charge < -0.3 is 0 Å². The van der Waals surface area contributed by atoms with Gasteiger partial charge in [0.1, 0.15) is 0 Å². The molecule has 0 spiro atoms. The Bertz CT molecular complexity index is 583. The fourth-order valence-electron chi connectivity index (χ4n) is 8.46. The Morgan fingerprint density at radius 1 is 0.889 bits per heavy atom. The highest BCUT2D eigenvalue weighted by atomic mass is 14.6. The molecule has 0 bridgehead atoms. The molecule has 3 saturated carbocycles. The van der Waals surface area contributed by atoms with Crippen LogP contribution in [0.5, 0.6) is 0 Å². The van der Waals surface area contributed by atoms with Crippen LogP contribution in [0, 0.1) is 52.3 Å². The molecule has 0 heteroatoms. The van der Waals surface area contributed by atoms with Crippen LogP contribution in [0.15, 0.2) is 24.3 Å². The van der Waals surface area contributed by atoms with Crippen LogP contribution in [-0.4, -0.2) is 0 Å². The molecule has 0 aromatic rings. The van der Waals surface area contributed by atoms with Gasteiger partial charge in [0, 0.05) is 0 Å². The monoisotopic (exact) mass is 368 g/mol. The Balaban J connectivity index is 1.48. The first-order valence-electron chi connectivity index (χ1n) is 12.2. The van der Waals surface area contributed by atoms with E-state index >= 15 is 0 Å². The molecule has 0 aromatic heterocycles. The van der Waals surface area contributed by atoms with Crippen molar-refractivity contribution in [1.29, 1.82) is 0 Å². The predicted molar refractivity (Wildman–Crippen MR) is 117 cm³/mol. The maximum absolute atomic E-state index is 2.72. The smallest absolute Gasteiger partial charge is 0.00496 e. The number of rotatable bonds is 5. The predicted octanol–water partition coefficient (Wildman–Crippen LogP) is 8.05. The summed E-state index contributed by atoms with van der Waals surface area (Å²) in [5.74, 6) is 6.53. The van der Waals surface area contributed by atoms with E-state index in [1.54, 1.807) is 0 Å². The molecular weight excluding hydrogens is 324 g/mol. The van der Waals surface area contributed by atoms with Gasteiger partial charge in [-0.25, -0.2) is 0 Å². The summed E-state index contributed by atoms with van der Waals surface area (Å²) < 4.78 is 0. The second-order valence-electron chi connectivity index (χ2n) is 11.7. The summed E-state index contributed by atoms with van der Waals surface area (Å²) >= 11 is 0. The van der Waals surface area contributed by atoms with E-state index < -0.39 is 0 Å². The summed E-state index contributed by atoms with van der Waals surface area (Å²) in [6.07, 6.45) is 23.1. The van der Waals surface area contributed by atoms with Gasteiger partial charge in [0.15, 0.2) is 0 Å². The van der Waals surface area contributed by atoms with Gasteiger partial charge in [-0.05, 0) is 90.8 Å². The molecule has 0 aromatic carbocycles. The molecule has 0 nitrogen and oxygen atoms in total. The normalized spacial score (nSPS) is 46.8. The second kappa shape index (κ2) is 7.38.